The molecular formula is C33H65O3S4Si+. The van der Waals surface area contributed by atoms with Crippen molar-refractivity contribution in [3.05, 3.63) is 35.8 Å². The van der Waals surface area contributed by atoms with E-state index in [-0.39, 0.29) is 8.41 Å². The summed E-state index contributed by atoms with van der Waals surface area (Å²) in [6, 6.07) is 0. The number of hydrogen-bond acceptors (Lipinski definition) is 6. The van der Waals surface area contributed by atoms with E-state index in [0.29, 0.717) is 19.8 Å². The minimum atomic E-state index is -2.75. The van der Waals surface area contributed by atoms with Gasteiger partial charge in [0.25, 0.3) is 0 Å². The molecule has 1 atom stereocenters. The summed E-state index contributed by atoms with van der Waals surface area (Å²) in [4.78, 5) is 0. The Hall–Kier alpha value is 0.717. The first-order valence-corrected chi connectivity index (χ1v) is 24.7. The summed E-state index contributed by atoms with van der Waals surface area (Å²) in [6.45, 7) is 12.4. The summed E-state index contributed by atoms with van der Waals surface area (Å²) in [5.74, 6) is 1.12. The van der Waals surface area contributed by atoms with Crippen LogP contribution in [0.1, 0.15) is 150 Å². The quantitative estimate of drug-likeness (QED) is 0.0233. The topological polar surface area (TPSA) is 27.7 Å². The zero-order valence-corrected chi connectivity index (χ0v) is 31.6. The Morgan fingerprint density at radius 2 is 1.00 bits per heavy atom. The molecular weight excluding hydrogens is 601 g/mol. The predicted octanol–water partition coefficient (Wildman–Crippen LogP) is 12.8. The molecule has 1 unspecified atom stereocenters. The van der Waals surface area contributed by atoms with Crippen molar-refractivity contribution in [2.24, 2.45) is 0 Å². The van der Waals surface area contributed by atoms with Crippen LogP contribution in [0.2, 0.25) is 0 Å². The predicted molar refractivity (Wildman–Crippen MR) is 198 cm³/mol. The molecule has 242 valence electrons. The van der Waals surface area contributed by atoms with Gasteiger partial charge in [-0.05, 0) is 50.8 Å². The average Bonchev–Trinajstić information content (AvgIpc) is 2.97. The van der Waals surface area contributed by atoms with Crippen LogP contribution < -0.4 is 0 Å². The van der Waals surface area contributed by atoms with Crippen molar-refractivity contribution in [3.8, 4) is 0 Å². The Kier molecular flexibility index (Phi) is 34.2. The third-order valence-corrected chi connectivity index (χ3v) is 24.9. The fraction of sp³-hybridized carbons (Fsp3) is 0.818. The Labute approximate surface area is 271 Å². The monoisotopic (exact) mass is 665 g/mol. The molecule has 8 heteroatoms. The average molecular weight is 666 g/mol. The lowest BCUT2D eigenvalue weighted by atomic mass is 10.0. The smallest absolute Gasteiger partial charge is 0.331 e. The number of rotatable bonds is 32. The SMILES string of the molecule is CCCCCCCCCCCCCCCCCCC=CC=CC=CS[S+](SSCCC)[Si](OCC)(OCC)OCC. The minimum absolute atomic E-state index is 0.213. The Morgan fingerprint density at radius 1 is 0.537 bits per heavy atom. The maximum atomic E-state index is 6.19. The molecule has 0 aromatic heterocycles. The van der Waals surface area contributed by atoms with E-state index in [0.717, 1.165) is 12.2 Å². The minimum Gasteiger partial charge on any atom is -0.331 e. The molecule has 0 saturated heterocycles. The van der Waals surface area contributed by atoms with E-state index in [1.807, 2.05) is 41.4 Å². The van der Waals surface area contributed by atoms with Crippen LogP contribution in [-0.2, 0) is 21.7 Å². The van der Waals surface area contributed by atoms with Gasteiger partial charge in [-0.15, -0.1) is 0 Å². The molecule has 0 N–H and O–H groups in total. The molecule has 41 heavy (non-hydrogen) atoms. The van der Waals surface area contributed by atoms with Crippen LogP contribution in [0.4, 0.5) is 0 Å². The molecule has 3 nitrogen and oxygen atoms in total. The molecule has 0 aliphatic rings. The van der Waals surface area contributed by atoms with E-state index in [4.69, 9.17) is 13.3 Å². The Morgan fingerprint density at radius 3 is 1.46 bits per heavy atom. The van der Waals surface area contributed by atoms with E-state index in [1.54, 1.807) is 10.8 Å². The first kappa shape index (κ1) is 41.7. The molecule has 0 aliphatic carbocycles. The molecule has 0 spiro atoms. The Balaban J connectivity index is 4.01. The highest BCUT2D eigenvalue weighted by atomic mass is 33.8. The van der Waals surface area contributed by atoms with Crippen molar-refractivity contribution < 1.29 is 13.3 Å². The molecule has 0 aromatic rings. The molecule has 0 bridgehead atoms. The highest BCUT2D eigenvalue weighted by Gasteiger charge is 2.66. The second-order valence-electron chi connectivity index (χ2n) is 10.3. The van der Waals surface area contributed by atoms with Gasteiger partial charge < -0.3 is 13.3 Å². The lowest BCUT2D eigenvalue weighted by Gasteiger charge is -2.22. The van der Waals surface area contributed by atoms with Crippen LogP contribution in [0.3, 0.4) is 0 Å². The van der Waals surface area contributed by atoms with Gasteiger partial charge in [0.05, 0.1) is 0 Å². The summed E-state index contributed by atoms with van der Waals surface area (Å²) < 4.78 is 18.6. The van der Waals surface area contributed by atoms with Gasteiger partial charge in [0.2, 0.25) is 0 Å². The molecule has 0 aliphatic heterocycles. The van der Waals surface area contributed by atoms with Crippen LogP contribution in [0.5, 0.6) is 0 Å². The summed E-state index contributed by atoms with van der Waals surface area (Å²) in [5.41, 5.74) is 0. The third-order valence-electron chi connectivity index (χ3n) is 6.48. The van der Waals surface area contributed by atoms with Crippen molar-refractivity contribution in [1.82, 2.24) is 0 Å². The second-order valence-corrected chi connectivity index (χ2v) is 23.9. The van der Waals surface area contributed by atoms with Crippen molar-refractivity contribution in [2.45, 2.75) is 150 Å². The summed E-state index contributed by atoms with van der Waals surface area (Å²) in [6.07, 6.45) is 36.0. The molecule has 0 heterocycles. The largest absolute Gasteiger partial charge is 0.808 e. The number of hydrogen-bond donors (Lipinski definition) is 0. The number of allylic oxidation sites excluding steroid dienone is 5. The standard InChI is InChI=1S/C33H65O3S4Si/c1-6-11-12-13-14-15-16-17-18-19-20-21-22-23-24-25-26-27-28-29-30-31-33-38-40(39-37-32-7-2)41(34-8-3,35-9-4)36-10-5/h27-31,33H,6-26,32H2,1-5H3/q+1. The maximum absolute atomic E-state index is 6.19. The molecule has 0 amide bonds. The van der Waals surface area contributed by atoms with Gasteiger partial charge >= 0.3 is 7.95 Å². The first-order valence-electron chi connectivity index (χ1n) is 16.8. The van der Waals surface area contributed by atoms with Crippen molar-refractivity contribution in [1.29, 1.82) is 0 Å². The summed E-state index contributed by atoms with van der Waals surface area (Å²) >= 11 is 0. The van der Waals surface area contributed by atoms with Crippen molar-refractivity contribution in [2.75, 3.05) is 25.6 Å². The van der Waals surface area contributed by atoms with Crippen LogP contribution >= 0.6 is 31.4 Å². The molecule has 0 aromatic carbocycles. The fourth-order valence-corrected chi connectivity index (χ4v) is 23.3. The van der Waals surface area contributed by atoms with Crippen LogP contribution in [0.25, 0.3) is 0 Å². The lowest BCUT2D eigenvalue weighted by Crippen LogP contribution is -2.51. The van der Waals surface area contributed by atoms with E-state index < -0.39 is 7.95 Å². The highest BCUT2D eigenvalue weighted by Crippen LogP contribution is 2.46. The molecule has 0 radical (unpaired) electrons. The number of unbranched alkanes of at least 4 members (excludes halogenated alkanes) is 16. The van der Waals surface area contributed by atoms with Gasteiger partial charge in [-0.2, -0.15) is 0 Å². The summed E-state index contributed by atoms with van der Waals surface area (Å²) in [7, 11) is 2.60. The maximum Gasteiger partial charge on any atom is 0.808 e. The van der Waals surface area contributed by atoms with Gasteiger partial charge in [-0.25, -0.2) is 0 Å². The van der Waals surface area contributed by atoms with E-state index >= 15 is 0 Å². The van der Waals surface area contributed by atoms with E-state index in [2.05, 4.69) is 49.6 Å². The van der Waals surface area contributed by atoms with Gasteiger partial charge in [0.15, 0.2) is 18.2 Å². The third kappa shape index (κ3) is 25.7. The molecule has 0 rings (SSSR count). The highest BCUT2D eigenvalue weighted by molar-refractivity contribution is 9.29. The Bertz CT molecular complexity index is 602. The lowest BCUT2D eigenvalue weighted by molar-refractivity contribution is 0.0966. The molecule has 0 saturated carbocycles. The van der Waals surface area contributed by atoms with E-state index in [1.165, 1.54) is 109 Å². The van der Waals surface area contributed by atoms with Crippen LogP contribution in [0, 0.1) is 0 Å². The van der Waals surface area contributed by atoms with E-state index in [9.17, 15) is 0 Å². The second kappa shape index (κ2) is 33.6. The van der Waals surface area contributed by atoms with Crippen LogP contribution in [0.15, 0.2) is 35.8 Å². The fourth-order valence-electron chi connectivity index (χ4n) is 4.32. The van der Waals surface area contributed by atoms with Gasteiger partial charge in [0.1, 0.15) is 10.8 Å². The van der Waals surface area contributed by atoms with Crippen molar-refractivity contribution in [3.63, 3.8) is 0 Å². The van der Waals surface area contributed by atoms with Gasteiger partial charge in [-0.3, -0.25) is 0 Å². The van der Waals surface area contributed by atoms with Gasteiger partial charge in [-0.1, -0.05) is 141 Å². The van der Waals surface area contributed by atoms with Crippen LogP contribution in [-0.4, -0.2) is 33.5 Å². The normalized spacial score (nSPS) is 13.4. The zero-order valence-electron chi connectivity index (χ0n) is 27.4. The zero-order chi connectivity index (χ0) is 30.1. The first-order chi connectivity index (χ1) is 20.2. The molecule has 0 fully saturated rings. The summed E-state index contributed by atoms with van der Waals surface area (Å²) in [5, 5.41) is 2.17. The van der Waals surface area contributed by atoms with Crippen molar-refractivity contribution >= 4 is 47.8 Å². The van der Waals surface area contributed by atoms with Gasteiger partial charge in [0, 0.05) is 31.0 Å².